The Labute approximate surface area is 190 Å². The number of amides is 1. The van der Waals surface area contributed by atoms with E-state index in [2.05, 4.69) is 22.4 Å². The second kappa shape index (κ2) is 12.0. The number of carboxylic acids is 1. The molecule has 2 saturated heterocycles. The number of piperidine rings is 1. The van der Waals surface area contributed by atoms with E-state index in [0.717, 1.165) is 52.2 Å². The van der Waals surface area contributed by atoms with Gasteiger partial charge in [0, 0.05) is 57.2 Å². The van der Waals surface area contributed by atoms with Crippen molar-refractivity contribution in [2.45, 2.75) is 32.5 Å². The van der Waals surface area contributed by atoms with Crippen LogP contribution in [0.4, 0.5) is 13.2 Å². The normalized spacial score (nSPS) is 20.8. The first kappa shape index (κ1) is 26.6. The highest BCUT2D eigenvalue weighted by molar-refractivity contribution is 7.09. The first-order valence-electron chi connectivity index (χ1n) is 10.5. The summed E-state index contributed by atoms with van der Waals surface area (Å²) in [6.45, 7) is 8.49. The standard InChI is InChI=1S/C19H30N2O3S.C2HF3O2/c1-3-24-14-18(22)21-8-6-19(7-9-21)15-20(11-16(19)13-23-2)12-17-5-4-10-25-17;3-2(4,5)1(6)7/h4-5,10,16H,3,6-9,11-15H2,1-2H3;(H,6,7). The van der Waals surface area contributed by atoms with Gasteiger partial charge in [-0.3, -0.25) is 9.69 Å². The number of likely N-dealkylation sites (tertiary alicyclic amines) is 2. The number of methoxy groups -OCH3 is 1. The number of ether oxygens (including phenoxy) is 2. The Morgan fingerprint density at radius 2 is 1.97 bits per heavy atom. The van der Waals surface area contributed by atoms with Gasteiger partial charge in [0.25, 0.3) is 0 Å². The van der Waals surface area contributed by atoms with E-state index in [-0.39, 0.29) is 17.9 Å². The molecule has 1 N–H and O–H groups in total. The van der Waals surface area contributed by atoms with Crippen molar-refractivity contribution in [2.24, 2.45) is 11.3 Å². The topological polar surface area (TPSA) is 79.3 Å². The Balaban J connectivity index is 0.000000451. The van der Waals surface area contributed by atoms with Crippen LogP contribution in [0.2, 0.25) is 0 Å². The SMILES string of the molecule is CCOCC(=O)N1CCC2(CC1)CN(Cc1cccs1)CC2COC.O=C(O)C(F)(F)F. The van der Waals surface area contributed by atoms with Crippen LogP contribution in [0.1, 0.15) is 24.6 Å². The molecule has 182 valence electrons. The molecule has 32 heavy (non-hydrogen) atoms. The van der Waals surface area contributed by atoms with Gasteiger partial charge < -0.3 is 19.5 Å². The van der Waals surface area contributed by atoms with E-state index in [0.29, 0.717) is 12.5 Å². The van der Waals surface area contributed by atoms with Crippen molar-refractivity contribution in [3.8, 4) is 0 Å². The lowest BCUT2D eigenvalue weighted by Gasteiger charge is -2.42. The molecule has 2 aliphatic heterocycles. The number of halogens is 3. The number of carboxylic acid groups (broad SMARTS) is 1. The van der Waals surface area contributed by atoms with Gasteiger partial charge in [-0.15, -0.1) is 11.3 Å². The molecule has 1 atom stereocenters. The summed E-state index contributed by atoms with van der Waals surface area (Å²) in [6.07, 6.45) is -2.94. The van der Waals surface area contributed by atoms with Crippen molar-refractivity contribution in [1.29, 1.82) is 0 Å². The molecule has 11 heteroatoms. The zero-order valence-electron chi connectivity index (χ0n) is 18.4. The highest BCUT2D eigenvalue weighted by Gasteiger charge is 2.48. The van der Waals surface area contributed by atoms with E-state index in [4.69, 9.17) is 19.4 Å². The zero-order chi connectivity index (χ0) is 23.8. The fraction of sp³-hybridized carbons (Fsp3) is 0.714. The average Bonchev–Trinajstić information content (AvgIpc) is 3.35. The Kier molecular flexibility index (Phi) is 9.93. The van der Waals surface area contributed by atoms with Crippen LogP contribution in [0.3, 0.4) is 0 Å². The maximum absolute atomic E-state index is 12.2. The second-order valence-electron chi connectivity index (χ2n) is 8.08. The van der Waals surface area contributed by atoms with Gasteiger partial charge in [-0.1, -0.05) is 6.07 Å². The number of hydrogen-bond donors (Lipinski definition) is 1. The van der Waals surface area contributed by atoms with Crippen LogP contribution in [-0.2, 0) is 25.6 Å². The lowest BCUT2D eigenvalue weighted by Crippen LogP contribution is -2.48. The third-order valence-corrected chi connectivity index (χ3v) is 6.86. The van der Waals surface area contributed by atoms with Gasteiger partial charge in [0.05, 0.1) is 6.61 Å². The number of aliphatic carboxylic acids is 1. The molecular weight excluding hydrogens is 449 g/mol. The van der Waals surface area contributed by atoms with Crippen LogP contribution < -0.4 is 0 Å². The second-order valence-corrected chi connectivity index (χ2v) is 9.12. The van der Waals surface area contributed by atoms with E-state index in [1.165, 1.54) is 4.88 Å². The van der Waals surface area contributed by atoms with Gasteiger partial charge in [-0.2, -0.15) is 13.2 Å². The van der Waals surface area contributed by atoms with Gasteiger partial charge in [-0.05, 0) is 36.6 Å². The smallest absolute Gasteiger partial charge is 0.475 e. The van der Waals surface area contributed by atoms with Crippen LogP contribution in [-0.4, -0.2) is 86.1 Å². The average molecular weight is 481 g/mol. The molecule has 1 amide bonds. The first-order chi connectivity index (χ1) is 15.1. The van der Waals surface area contributed by atoms with E-state index in [1.54, 1.807) is 7.11 Å². The molecule has 7 nitrogen and oxygen atoms in total. The van der Waals surface area contributed by atoms with Crippen LogP contribution in [0.15, 0.2) is 17.5 Å². The van der Waals surface area contributed by atoms with E-state index >= 15 is 0 Å². The molecule has 1 aromatic rings. The number of carbonyl (C=O) groups excluding carboxylic acids is 1. The number of nitrogens with zero attached hydrogens (tertiary/aromatic N) is 2. The van der Waals surface area contributed by atoms with Gasteiger partial charge in [-0.25, -0.2) is 4.79 Å². The maximum atomic E-state index is 12.2. The summed E-state index contributed by atoms with van der Waals surface area (Å²) in [5.74, 6) is -2.07. The Bertz CT molecular complexity index is 722. The number of alkyl halides is 3. The van der Waals surface area contributed by atoms with Gasteiger partial charge in [0.1, 0.15) is 6.61 Å². The third-order valence-electron chi connectivity index (χ3n) is 5.99. The van der Waals surface area contributed by atoms with Crippen LogP contribution in [0.5, 0.6) is 0 Å². The van der Waals surface area contributed by atoms with Crippen molar-refractivity contribution in [3.63, 3.8) is 0 Å². The van der Waals surface area contributed by atoms with E-state index in [1.807, 2.05) is 23.2 Å². The Hall–Kier alpha value is -1.69. The van der Waals surface area contributed by atoms with Crippen molar-refractivity contribution < 1.29 is 37.3 Å². The molecule has 1 spiro atoms. The fourth-order valence-corrected chi connectivity index (χ4v) is 5.11. The number of rotatable bonds is 7. The minimum atomic E-state index is -5.08. The zero-order valence-corrected chi connectivity index (χ0v) is 19.2. The monoisotopic (exact) mass is 480 g/mol. The fourth-order valence-electron chi connectivity index (χ4n) is 4.37. The quantitative estimate of drug-likeness (QED) is 0.646. The molecule has 0 saturated carbocycles. The highest BCUT2D eigenvalue weighted by atomic mass is 32.1. The van der Waals surface area contributed by atoms with E-state index in [9.17, 15) is 18.0 Å². The number of thiophene rings is 1. The van der Waals surface area contributed by atoms with Gasteiger partial charge >= 0.3 is 12.1 Å². The summed E-state index contributed by atoms with van der Waals surface area (Å²) in [5, 5.41) is 9.27. The van der Waals surface area contributed by atoms with E-state index < -0.39 is 12.1 Å². The first-order valence-corrected chi connectivity index (χ1v) is 11.4. The molecular formula is C21H31F3N2O5S. The molecule has 1 unspecified atom stereocenters. The van der Waals surface area contributed by atoms with Crippen molar-refractivity contribution in [2.75, 3.05) is 53.1 Å². The van der Waals surface area contributed by atoms with Gasteiger partial charge in [0.2, 0.25) is 5.91 Å². The predicted molar refractivity (Wildman–Crippen MR) is 113 cm³/mol. The molecule has 0 aromatic carbocycles. The molecule has 0 bridgehead atoms. The minimum absolute atomic E-state index is 0.133. The van der Waals surface area contributed by atoms with Crippen molar-refractivity contribution in [3.05, 3.63) is 22.4 Å². The highest BCUT2D eigenvalue weighted by Crippen LogP contribution is 2.45. The predicted octanol–water partition coefficient (Wildman–Crippen LogP) is 3.10. The lowest BCUT2D eigenvalue weighted by atomic mass is 9.71. The summed E-state index contributed by atoms with van der Waals surface area (Å²) in [5.41, 5.74) is 0.287. The van der Waals surface area contributed by atoms with Crippen LogP contribution in [0.25, 0.3) is 0 Å². The number of carbonyl (C=O) groups is 2. The number of hydrogen-bond acceptors (Lipinski definition) is 6. The molecule has 3 rings (SSSR count). The molecule has 2 aliphatic rings. The summed E-state index contributed by atoms with van der Waals surface area (Å²) in [7, 11) is 1.80. The molecule has 1 aromatic heterocycles. The maximum Gasteiger partial charge on any atom is 0.490 e. The third kappa shape index (κ3) is 7.43. The summed E-state index contributed by atoms with van der Waals surface area (Å²) < 4.78 is 42.6. The van der Waals surface area contributed by atoms with Crippen LogP contribution in [0, 0.1) is 11.3 Å². The molecule has 2 fully saturated rings. The molecule has 0 aliphatic carbocycles. The molecule has 3 heterocycles. The minimum Gasteiger partial charge on any atom is -0.475 e. The summed E-state index contributed by atoms with van der Waals surface area (Å²) >= 11 is 1.83. The van der Waals surface area contributed by atoms with Gasteiger partial charge in [0.15, 0.2) is 0 Å². The Morgan fingerprint density at radius 1 is 1.31 bits per heavy atom. The summed E-state index contributed by atoms with van der Waals surface area (Å²) in [4.78, 5) is 27.1. The summed E-state index contributed by atoms with van der Waals surface area (Å²) in [6, 6.07) is 4.34. The lowest BCUT2D eigenvalue weighted by molar-refractivity contribution is -0.192. The molecule has 0 radical (unpaired) electrons. The van der Waals surface area contributed by atoms with Crippen molar-refractivity contribution in [1.82, 2.24) is 9.80 Å². The largest absolute Gasteiger partial charge is 0.490 e. The van der Waals surface area contributed by atoms with Crippen LogP contribution >= 0.6 is 11.3 Å². The van der Waals surface area contributed by atoms with Crippen molar-refractivity contribution >= 4 is 23.2 Å². The Morgan fingerprint density at radius 3 is 2.47 bits per heavy atom.